The zero-order valence-corrected chi connectivity index (χ0v) is 9.48. The molecule has 80 valence electrons. The molecule has 2 fully saturated rings. The molecule has 0 aromatic carbocycles. The van der Waals surface area contributed by atoms with E-state index in [-0.39, 0.29) is 0 Å². The SMILES string of the molecule is CCC1CN(C(=S)NC2CC2)CCO1. The molecule has 0 spiro atoms. The Morgan fingerprint density at radius 2 is 2.36 bits per heavy atom. The second-order valence-corrected chi connectivity index (χ2v) is 4.46. The van der Waals surface area contributed by atoms with E-state index in [1.807, 2.05) is 0 Å². The molecule has 1 unspecified atom stereocenters. The van der Waals surface area contributed by atoms with Crippen LogP contribution in [0.1, 0.15) is 26.2 Å². The van der Waals surface area contributed by atoms with Crippen LogP contribution in [0.4, 0.5) is 0 Å². The van der Waals surface area contributed by atoms with Gasteiger partial charge >= 0.3 is 0 Å². The molecule has 1 saturated heterocycles. The number of thiocarbonyl (C=S) groups is 1. The van der Waals surface area contributed by atoms with Gasteiger partial charge in [0.15, 0.2) is 5.11 Å². The molecular weight excluding hydrogens is 196 g/mol. The first-order chi connectivity index (χ1) is 6.79. The van der Waals surface area contributed by atoms with Gasteiger partial charge in [0.25, 0.3) is 0 Å². The van der Waals surface area contributed by atoms with Gasteiger partial charge in [-0.25, -0.2) is 0 Å². The molecule has 0 amide bonds. The van der Waals surface area contributed by atoms with Gasteiger partial charge in [0, 0.05) is 19.1 Å². The fourth-order valence-electron chi connectivity index (χ4n) is 1.64. The van der Waals surface area contributed by atoms with Crippen molar-refractivity contribution in [3.8, 4) is 0 Å². The predicted octanol–water partition coefficient (Wildman–Crippen LogP) is 1.13. The second-order valence-electron chi connectivity index (χ2n) is 4.07. The highest BCUT2D eigenvalue weighted by atomic mass is 32.1. The average Bonchev–Trinajstić information content (AvgIpc) is 3.02. The van der Waals surface area contributed by atoms with Crippen molar-refractivity contribution < 1.29 is 4.74 Å². The van der Waals surface area contributed by atoms with Gasteiger partial charge in [0.1, 0.15) is 0 Å². The molecule has 4 heteroatoms. The van der Waals surface area contributed by atoms with Crippen LogP contribution in [0, 0.1) is 0 Å². The minimum Gasteiger partial charge on any atom is -0.375 e. The molecule has 1 saturated carbocycles. The lowest BCUT2D eigenvalue weighted by molar-refractivity contribution is -0.00723. The Morgan fingerprint density at radius 3 is 3.00 bits per heavy atom. The summed E-state index contributed by atoms with van der Waals surface area (Å²) >= 11 is 5.35. The smallest absolute Gasteiger partial charge is 0.169 e. The monoisotopic (exact) mass is 214 g/mol. The van der Waals surface area contributed by atoms with Gasteiger partial charge in [-0.05, 0) is 31.5 Å². The molecule has 0 aromatic rings. The molecule has 1 aliphatic carbocycles. The fraction of sp³-hybridized carbons (Fsp3) is 0.900. The summed E-state index contributed by atoms with van der Waals surface area (Å²) in [7, 11) is 0. The maximum absolute atomic E-state index is 5.60. The molecule has 0 radical (unpaired) electrons. The first-order valence-corrected chi connectivity index (χ1v) is 5.87. The van der Waals surface area contributed by atoms with E-state index in [2.05, 4.69) is 17.1 Å². The number of ether oxygens (including phenoxy) is 1. The van der Waals surface area contributed by atoms with Gasteiger partial charge in [0.05, 0.1) is 12.7 Å². The van der Waals surface area contributed by atoms with Gasteiger partial charge in [-0.1, -0.05) is 6.92 Å². The second kappa shape index (κ2) is 4.45. The third kappa shape index (κ3) is 2.58. The summed E-state index contributed by atoms with van der Waals surface area (Å²) in [6.45, 7) is 4.86. The molecule has 3 nitrogen and oxygen atoms in total. The maximum atomic E-state index is 5.60. The Labute approximate surface area is 90.8 Å². The summed E-state index contributed by atoms with van der Waals surface area (Å²) in [5.41, 5.74) is 0. The van der Waals surface area contributed by atoms with Crippen molar-refractivity contribution in [2.24, 2.45) is 0 Å². The Bertz CT molecular complexity index is 218. The van der Waals surface area contributed by atoms with E-state index in [4.69, 9.17) is 17.0 Å². The van der Waals surface area contributed by atoms with Crippen molar-refractivity contribution in [1.29, 1.82) is 0 Å². The number of morpholine rings is 1. The van der Waals surface area contributed by atoms with Crippen molar-refractivity contribution in [2.75, 3.05) is 19.7 Å². The lowest BCUT2D eigenvalue weighted by Crippen LogP contribution is -2.49. The van der Waals surface area contributed by atoms with Crippen LogP contribution in [0.25, 0.3) is 0 Å². The zero-order chi connectivity index (χ0) is 9.97. The van der Waals surface area contributed by atoms with Crippen molar-refractivity contribution in [1.82, 2.24) is 10.2 Å². The normalized spacial score (nSPS) is 27.5. The summed E-state index contributed by atoms with van der Waals surface area (Å²) < 4.78 is 5.60. The van der Waals surface area contributed by atoms with Gasteiger partial charge in [-0.15, -0.1) is 0 Å². The Balaban J connectivity index is 1.79. The summed E-state index contributed by atoms with van der Waals surface area (Å²) in [6, 6.07) is 0.658. The van der Waals surface area contributed by atoms with Gasteiger partial charge in [-0.2, -0.15) is 0 Å². The van der Waals surface area contributed by atoms with Crippen molar-refractivity contribution in [3.05, 3.63) is 0 Å². The first-order valence-electron chi connectivity index (χ1n) is 5.46. The fourth-order valence-corrected chi connectivity index (χ4v) is 1.98. The highest BCUT2D eigenvalue weighted by molar-refractivity contribution is 7.80. The summed E-state index contributed by atoms with van der Waals surface area (Å²) in [6.07, 6.45) is 3.99. The third-order valence-corrected chi connectivity index (χ3v) is 3.16. The zero-order valence-electron chi connectivity index (χ0n) is 8.66. The Kier molecular flexibility index (Phi) is 3.23. The molecule has 1 N–H and O–H groups in total. The first kappa shape index (κ1) is 10.2. The average molecular weight is 214 g/mol. The molecule has 2 aliphatic rings. The molecule has 0 aromatic heterocycles. The lowest BCUT2D eigenvalue weighted by atomic mass is 10.2. The van der Waals surface area contributed by atoms with Crippen molar-refractivity contribution in [3.63, 3.8) is 0 Å². The molecule has 1 heterocycles. The van der Waals surface area contributed by atoms with E-state index in [9.17, 15) is 0 Å². The van der Waals surface area contributed by atoms with E-state index < -0.39 is 0 Å². The van der Waals surface area contributed by atoms with Gasteiger partial charge in [-0.3, -0.25) is 0 Å². The summed E-state index contributed by atoms with van der Waals surface area (Å²) in [4.78, 5) is 2.24. The van der Waals surface area contributed by atoms with E-state index in [1.54, 1.807) is 0 Å². The number of nitrogens with one attached hydrogen (secondary N) is 1. The van der Waals surface area contributed by atoms with Crippen LogP contribution >= 0.6 is 12.2 Å². The van der Waals surface area contributed by atoms with Crippen molar-refractivity contribution >= 4 is 17.3 Å². The van der Waals surface area contributed by atoms with Crippen LogP contribution in [0.2, 0.25) is 0 Å². The predicted molar refractivity (Wildman–Crippen MR) is 60.4 cm³/mol. The highest BCUT2D eigenvalue weighted by Gasteiger charge is 2.26. The largest absolute Gasteiger partial charge is 0.375 e. The van der Waals surface area contributed by atoms with Crippen LogP contribution in [0.5, 0.6) is 0 Å². The van der Waals surface area contributed by atoms with Crippen LogP contribution in [-0.2, 0) is 4.74 Å². The van der Waals surface area contributed by atoms with Gasteiger partial charge in [0.2, 0.25) is 0 Å². The quantitative estimate of drug-likeness (QED) is 0.697. The van der Waals surface area contributed by atoms with Crippen LogP contribution in [-0.4, -0.2) is 41.9 Å². The van der Waals surface area contributed by atoms with Gasteiger partial charge < -0.3 is 15.0 Å². The summed E-state index contributed by atoms with van der Waals surface area (Å²) in [5.74, 6) is 0. The Hall–Kier alpha value is -0.350. The highest BCUT2D eigenvalue weighted by Crippen LogP contribution is 2.19. The maximum Gasteiger partial charge on any atom is 0.169 e. The van der Waals surface area contributed by atoms with E-state index in [0.29, 0.717) is 12.1 Å². The molecular formula is C10H18N2OS. The number of nitrogens with zero attached hydrogens (tertiary/aromatic N) is 1. The molecule has 1 atom stereocenters. The van der Waals surface area contributed by atoms with Crippen LogP contribution in [0.3, 0.4) is 0 Å². The van der Waals surface area contributed by atoms with E-state index >= 15 is 0 Å². The standard InChI is InChI=1S/C10H18N2OS/c1-2-9-7-12(5-6-13-9)10(14)11-8-3-4-8/h8-9H,2-7H2,1H3,(H,11,14). The topological polar surface area (TPSA) is 24.5 Å². The molecule has 14 heavy (non-hydrogen) atoms. The number of hydrogen-bond donors (Lipinski definition) is 1. The minimum absolute atomic E-state index is 0.364. The third-order valence-electron chi connectivity index (χ3n) is 2.79. The van der Waals surface area contributed by atoms with Crippen LogP contribution < -0.4 is 5.32 Å². The van der Waals surface area contributed by atoms with Crippen molar-refractivity contribution in [2.45, 2.75) is 38.3 Å². The van der Waals surface area contributed by atoms with E-state index in [0.717, 1.165) is 31.2 Å². The van der Waals surface area contributed by atoms with Crippen LogP contribution in [0.15, 0.2) is 0 Å². The molecule has 2 rings (SSSR count). The molecule has 0 bridgehead atoms. The lowest BCUT2D eigenvalue weighted by Gasteiger charge is -2.34. The van der Waals surface area contributed by atoms with E-state index in [1.165, 1.54) is 12.8 Å². The summed E-state index contributed by atoms with van der Waals surface area (Å²) in [5, 5.41) is 4.30. The Morgan fingerprint density at radius 1 is 1.57 bits per heavy atom. The number of rotatable bonds is 2. The minimum atomic E-state index is 0.364. The molecule has 1 aliphatic heterocycles. The number of hydrogen-bond acceptors (Lipinski definition) is 2.